The van der Waals surface area contributed by atoms with Crippen molar-refractivity contribution in [1.29, 1.82) is 5.26 Å². The van der Waals surface area contributed by atoms with Gasteiger partial charge in [0.05, 0.1) is 12.1 Å². The quantitative estimate of drug-likeness (QED) is 0.773. The fourth-order valence-electron chi connectivity index (χ4n) is 2.64. The maximum atomic E-state index is 9.10. The predicted molar refractivity (Wildman–Crippen MR) is 75.4 cm³/mol. The van der Waals surface area contributed by atoms with E-state index in [0.29, 0.717) is 12.1 Å². The topological polar surface area (TPSA) is 42.3 Å². The molecule has 0 aromatic carbocycles. The monoisotopic (exact) mass is 252 g/mol. The summed E-state index contributed by atoms with van der Waals surface area (Å²) in [5.41, 5.74) is 0. The van der Waals surface area contributed by atoms with Crippen LogP contribution < -0.4 is 5.32 Å². The maximum Gasteiger partial charge on any atom is 0.0967 e. The Labute approximate surface area is 112 Å². The molecule has 18 heavy (non-hydrogen) atoms. The highest BCUT2D eigenvalue weighted by Crippen LogP contribution is 2.09. The molecule has 2 atom stereocenters. The Morgan fingerprint density at radius 3 is 2.61 bits per heavy atom. The van der Waals surface area contributed by atoms with Gasteiger partial charge >= 0.3 is 0 Å². The average Bonchev–Trinajstić information content (AvgIpc) is 2.34. The Morgan fingerprint density at radius 2 is 2.11 bits per heavy atom. The van der Waals surface area contributed by atoms with Gasteiger partial charge in [0, 0.05) is 38.3 Å². The summed E-state index contributed by atoms with van der Waals surface area (Å²) in [5.74, 6) is 0. The van der Waals surface area contributed by atoms with Crippen LogP contribution in [-0.2, 0) is 0 Å². The normalized spacial score (nSPS) is 24.1. The van der Waals surface area contributed by atoms with Crippen LogP contribution in [0.5, 0.6) is 0 Å². The van der Waals surface area contributed by atoms with Gasteiger partial charge in [-0.25, -0.2) is 0 Å². The molecule has 1 heterocycles. The van der Waals surface area contributed by atoms with Crippen LogP contribution in [0.2, 0.25) is 0 Å². The molecule has 4 nitrogen and oxygen atoms in total. The van der Waals surface area contributed by atoms with Crippen LogP contribution in [0.4, 0.5) is 0 Å². The lowest BCUT2D eigenvalue weighted by Gasteiger charge is -2.39. The SMILES string of the molecule is CCN1CCN(CCC(C#N)NC(C)C)CC1C. The van der Waals surface area contributed by atoms with Gasteiger partial charge in [-0.05, 0) is 33.7 Å². The van der Waals surface area contributed by atoms with Crippen molar-refractivity contribution in [2.24, 2.45) is 0 Å². The highest BCUT2D eigenvalue weighted by Gasteiger charge is 2.22. The molecule has 0 amide bonds. The molecule has 0 aliphatic carbocycles. The molecule has 0 radical (unpaired) electrons. The van der Waals surface area contributed by atoms with Crippen LogP contribution in [0.1, 0.15) is 34.1 Å². The van der Waals surface area contributed by atoms with Crippen molar-refractivity contribution in [1.82, 2.24) is 15.1 Å². The minimum absolute atomic E-state index is 0.00971. The first-order chi connectivity index (χ1) is 8.56. The van der Waals surface area contributed by atoms with Gasteiger partial charge in [0.15, 0.2) is 0 Å². The number of nitrogens with zero attached hydrogens (tertiary/aromatic N) is 3. The smallest absolute Gasteiger partial charge is 0.0967 e. The first kappa shape index (κ1) is 15.4. The first-order valence-electron chi connectivity index (χ1n) is 7.18. The van der Waals surface area contributed by atoms with Crippen molar-refractivity contribution in [2.75, 3.05) is 32.7 Å². The fourth-order valence-corrected chi connectivity index (χ4v) is 2.64. The summed E-state index contributed by atoms with van der Waals surface area (Å²) < 4.78 is 0. The molecule has 104 valence electrons. The van der Waals surface area contributed by atoms with Crippen LogP contribution >= 0.6 is 0 Å². The third-order valence-electron chi connectivity index (χ3n) is 3.68. The van der Waals surface area contributed by atoms with Crippen LogP contribution in [-0.4, -0.2) is 60.6 Å². The Bertz CT molecular complexity index is 271. The molecule has 4 heteroatoms. The van der Waals surface area contributed by atoms with Crippen LogP contribution in [0.3, 0.4) is 0 Å². The van der Waals surface area contributed by atoms with E-state index >= 15 is 0 Å². The van der Waals surface area contributed by atoms with Gasteiger partial charge in [0.25, 0.3) is 0 Å². The summed E-state index contributed by atoms with van der Waals surface area (Å²) in [5, 5.41) is 12.4. The van der Waals surface area contributed by atoms with E-state index in [1.54, 1.807) is 0 Å². The molecule has 1 rings (SSSR count). The highest BCUT2D eigenvalue weighted by molar-refractivity contribution is 4.91. The third-order valence-corrected chi connectivity index (χ3v) is 3.68. The predicted octanol–water partition coefficient (Wildman–Crippen LogP) is 1.29. The molecule has 1 aliphatic heterocycles. The van der Waals surface area contributed by atoms with Gasteiger partial charge < -0.3 is 4.90 Å². The van der Waals surface area contributed by atoms with E-state index in [1.165, 1.54) is 0 Å². The van der Waals surface area contributed by atoms with Crippen molar-refractivity contribution in [3.63, 3.8) is 0 Å². The largest absolute Gasteiger partial charge is 0.300 e. The molecule has 0 aromatic heterocycles. The summed E-state index contributed by atoms with van der Waals surface area (Å²) >= 11 is 0. The Balaban J connectivity index is 2.29. The molecule has 1 saturated heterocycles. The summed E-state index contributed by atoms with van der Waals surface area (Å²) in [6, 6.07) is 3.37. The minimum atomic E-state index is -0.00971. The number of hydrogen-bond acceptors (Lipinski definition) is 4. The van der Waals surface area contributed by atoms with E-state index in [1.807, 2.05) is 0 Å². The number of rotatable bonds is 6. The fraction of sp³-hybridized carbons (Fsp3) is 0.929. The van der Waals surface area contributed by atoms with E-state index in [0.717, 1.165) is 39.1 Å². The number of nitriles is 1. The lowest BCUT2D eigenvalue weighted by atomic mass is 10.1. The highest BCUT2D eigenvalue weighted by atomic mass is 15.3. The Kier molecular flexibility index (Phi) is 6.62. The van der Waals surface area contributed by atoms with Crippen molar-refractivity contribution in [3.05, 3.63) is 0 Å². The number of hydrogen-bond donors (Lipinski definition) is 1. The Morgan fingerprint density at radius 1 is 1.39 bits per heavy atom. The lowest BCUT2D eigenvalue weighted by molar-refractivity contribution is 0.0862. The maximum absolute atomic E-state index is 9.10. The Hall–Kier alpha value is -0.630. The molecular weight excluding hydrogens is 224 g/mol. The molecule has 0 aromatic rings. The van der Waals surface area contributed by atoms with Crippen LogP contribution in [0.25, 0.3) is 0 Å². The average molecular weight is 252 g/mol. The molecule has 0 bridgehead atoms. The second-order valence-corrected chi connectivity index (χ2v) is 5.57. The standard InChI is InChI=1S/C14H28N4/c1-5-18-9-8-17(11-13(18)4)7-6-14(10-15)16-12(2)3/h12-14,16H,5-9,11H2,1-4H3. The summed E-state index contributed by atoms with van der Waals surface area (Å²) in [7, 11) is 0. The summed E-state index contributed by atoms with van der Waals surface area (Å²) in [4.78, 5) is 5.01. The first-order valence-corrected chi connectivity index (χ1v) is 7.18. The third kappa shape index (κ3) is 4.93. The molecule has 0 spiro atoms. The van der Waals surface area contributed by atoms with Gasteiger partial charge in [0.1, 0.15) is 0 Å². The molecule has 0 saturated carbocycles. The van der Waals surface area contributed by atoms with Gasteiger partial charge in [-0.15, -0.1) is 0 Å². The minimum Gasteiger partial charge on any atom is -0.300 e. The molecule has 1 fully saturated rings. The van der Waals surface area contributed by atoms with Crippen molar-refractivity contribution in [3.8, 4) is 6.07 Å². The van der Waals surface area contributed by atoms with Crippen molar-refractivity contribution in [2.45, 2.75) is 52.2 Å². The van der Waals surface area contributed by atoms with Crippen molar-refractivity contribution < 1.29 is 0 Å². The number of piperazine rings is 1. The number of nitrogens with one attached hydrogen (secondary N) is 1. The second-order valence-electron chi connectivity index (χ2n) is 5.57. The van der Waals surface area contributed by atoms with Gasteiger partial charge in [-0.2, -0.15) is 5.26 Å². The molecular formula is C14H28N4. The van der Waals surface area contributed by atoms with E-state index < -0.39 is 0 Å². The van der Waals surface area contributed by atoms with E-state index in [2.05, 4.69) is 48.9 Å². The second kappa shape index (κ2) is 7.73. The number of likely N-dealkylation sites (N-methyl/N-ethyl adjacent to an activating group) is 1. The van der Waals surface area contributed by atoms with Gasteiger partial charge in [-0.1, -0.05) is 6.92 Å². The molecule has 2 unspecified atom stereocenters. The summed E-state index contributed by atoms with van der Waals surface area (Å²) in [6.45, 7) is 14.3. The van der Waals surface area contributed by atoms with Gasteiger partial charge in [-0.3, -0.25) is 10.2 Å². The van der Waals surface area contributed by atoms with Crippen molar-refractivity contribution >= 4 is 0 Å². The zero-order valence-electron chi connectivity index (χ0n) is 12.3. The van der Waals surface area contributed by atoms with Crippen LogP contribution in [0.15, 0.2) is 0 Å². The van der Waals surface area contributed by atoms with E-state index in [9.17, 15) is 0 Å². The zero-order chi connectivity index (χ0) is 13.5. The summed E-state index contributed by atoms with van der Waals surface area (Å²) in [6.07, 6.45) is 0.924. The van der Waals surface area contributed by atoms with E-state index in [-0.39, 0.29) is 6.04 Å². The van der Waals surface area contributed by atoms with Gasteiger partial charge in [0.2, 0.25) is 0 Å². The molecule has 1 aliphatic rings. The van der Waals surface area contributed by atoms with E-state index in [4.69, 9.17) is 5.26 Å². The van der Waals surface area contributed by atoms with Crippen LogP contribution in [0, 0.1) is 11.3 Å². The zero-order valence-corrected chi connectivity index (χ0v) is 12.3. The molecule has 1 N–H and O–H groups in total. The lowest BCUT2D eigenvalue weighted by Crippen LogP contribution is -2.52.